The summed E-state index contributed by atoms with van der Waals surface area (Å²) in [6.07, 6.45) is 3.91. The first-order valence-electron chi connectivity index (χ1n) is 4.31. The molecule has 64 valence electrons. The van der Waals surface area contributed by atoms with Crippen molar-refractivity contribution in [2.45, 2.75) is 25.0 Å². The molecule has 2 bridgehead atoms. The van der Waals surface area contributed by atoms with E-state index in [1.165, 1.54) is 25.9 Å². The van der Waals surface area contributed by atoms with Crippen LogP contribution in [0, 0.1) is 11.8 Å². The molecule has 0 spiro atoms. The van der Waals surface area contributed by atoms with Crippen molar-refractivity contribution in [2.75, 3.05) is 13.1 Å². The Morgan fingerprint density at radius 3 is 2.09 bits per heavy atom. The van der Waals surface area contributed by atoms with E-state index in [2.05, 4.69) is 5.32 Å². The van der Waals surface area contributed by atoms with Gasteiger partial charge < -0.3 is 10.1 Å². The summed E-state index contributed by atoms with van der Waals surface area (Å²) in [5, 5.41) is 3.45. The summed E-state index contributed by atoms with van der Waals surface area (Å²) >= 11 is 0. The maximum atomic E-state index is 5.80. The molecule has 4 atom stereocenters. The van der Waals surface area contributed by atoms with Gasteiger partial charge in [0.1, 0.15) is 0 Å². The first-order chi connectivity index (χ1) is 4.95. The van der Waals surface area contributed by atoms with Crippen LogP contribution in [-0.2, 0) is 4.74 Å². The topological polar surface area (TPSA) is 21.3 Å². The van der Waals surface area contributed by atoms with Gasteiger partial charge in [0, 0.05) is 24.9 Å². The van der Waals surface area contributed by atoms with Crippen LogP contribution in [0.1, 0.15) is 12.8 Å². The van der Waals surface area contributed by atoms with E-state index in [0.29, 0.717) is 12.2 Å². The van der Waals surface area contributed by atoms with Gasteiger partial charge in [0.05, 0.1) is 12.2 Å². The Kier molecular flexibility index (Phi) is 1.86. The third-order valence-corrected chi connectivity index (χ3v) is 3.35. The monoisotopic (exact) mass is 175 g/mol. The molecule has 0 amide bonds. The molecule has 0 radical (unpaired) electrons. The number of halogens is 1. The van der Waals surface area contributed by atoms with E-state index >= 15 is 0 Å². The number of hydrogen-bond acceptors (Lipinski definition) is 2. The molecule has 3 heteroatoms. The average Bonchev–Trinajstić information content (AvgIpc) is 2.60. The van der Waals surface area contributed by atoms with Crippen LogP contribution in [0.4, 0.5) is 0 Å². The van der Waals surface area contributed by atoms with Crippen molar-refractivity contribution < 1.29 is 4.74 Å². The van der Waals surface area contributed by atoms with Crippen molar-refractivity contribution in [3.05, 3.63) is 0 Å². The van der Waals surface area contributed by atoms with Gasteiger partial charge >= 0.3 is 0 Å². The SMILES string of the molecule is C1CC2OC1C1CNCC21.Cl. The molecular formula is C8H14ClNO. The van der Waals surface area contributed by atoms with E-state index in [1.54, 1.807) is 0 Å². The van der Waals surface area contributed by atoms with Gasteiger partial charge in [-0.2, -0.15) is 0 Å². The summed E-state index contributed by atoms with van der Waals surface area (Å²) in [5.74, 6) is 1.75. The molecule has 3 fully saturated rings. The minimum Gasteiger partial charge on any atom is -0.374 e. The van der Waals surface area contributed by atoms with Crippen LogP contribution in [0.5, 0.6) is 0 Å². The fourth-order valence-electron chi connectivity index (χ4n) is 2.85. The van der Waals surface area contributed by atoms with Gasteiger partial charge in [-0.15, -0.1) is 12.4 Å². The lowest BCUT2D eigenvalue weighted by Crippen LogP contribution is -2.24. The molecule has 3 aliphatic heterocycles. The van der Waals surface area contributed by atoms with Gasteiger partial charge in [-0.05, 0) is 12.8 Å². The minimum atomic E-state index is 0. The predicted octanol–water partition coefficient (Wildman–Crippen LogP) is 0.805. The van der Waals surface area contributed by atoms with Crippen LogP contribution in [0.15, 0.2) is 0 Å². The predicted molar refractivity (Wildman–Crippen MR) is 45.0 cm³/mol. The highest BCUT2D eigenvalue weighted by atomic mass is 35.5. The molecule has 3 heterocycles. The van der Waals surface area contributed by atoms with Crippen molar-refractivity contribution in [1.82, 2.24) is 5.32 Å². The smallest absolute Gasteiger partial charge is 0.0624 e. The van der Waals surface area contributed by atoms with Gasteiger partial charge in [-0.25, -0.2) is 0 Å². The van der Waals surface area contributed by atoms with E-state index in [-0.39, 0.29) is 12.4 Å². The van der Waals surface area contributed by atoms with Crippen LogP contribution >= 0.6 is 12.4 Å². The maximum Gasteiger partial charge on any atom is 0.0624 e. The first kappa shape index (κ1) is 7.84. The molecule has 3 saturated heterocycles. The highest BCUT2D eigenvalue weighted by Gasteiger charge is 2.50. The molecular weight excluding hydrogens is 162 g/mol. The summed E-state index contributed by atoms with van der Waals surface area (Å²) in [7, 11) is 0. The van der Waals surface area contributed by atoms with E-state index in [9.17, 15) is 0 Å². The number of hydrogen-bond donors (Lipinski definition) is 1. The lowest BCUT2D eigenvalue weighted by Gasteiger charge is -2.18. The van der Waals surface area contributed by atoms with Crippen LogP contribution in [0.3, 0.4) is 0 Å². The third-order valence-electron chi connectivity index (χ3n) is 3.35. The first-order valence-corrected chi connectivity index (χ1v) is 4.31. The molecule has 2 nitrogen and oxygen atoms in total. The van der Waals surface area contributed by atoms with Crippen LogP contribution in [0.2, 0.25) is 0 Å². The van der Waals surface area contributed by atoms with Gasteiger partial charge in [-0.1, -0.05) is 0 Å². The van der Waals surface area contributed by atoms with E-state index in [0.717, 1.165) is 11.8 Å². The normalized spacial score (nSPS) is 52.4. The van der Waals surface area contributed by atoms with E-state index < -0.39 is 0 Å². The van der Waals surface area contributed by atoms with E-state index in [1.807, 2.05) is 0 Å². The van der Waals surface area contributed by atoms with Crippen molar-refractivity contribution in [2.24, 2.45) is 11.8 Å². The number of fused-ring (bicyclic) bond motifs is 5. The molecule has 3 aliphatic rings. The lowest BCUT2D eigenvalue weighted by atomic mass is 9.82. The molecule has 3 rings (SSSR count). The van der Waals surface area contributed by atoms with E-state index in [4.69, 9.17) is 4.74 Å². The molecule has 1 N–H and O–H groups in total. The molecule has 11 heavy (non-hydrogen) atoms. The number of nitrogens with one attached hydrogen (secondary N) is 1. The van der Waals surface area contributed by atoms with Crippen LogP contribution in [0.25, 0.3) is 0 Å². The summed E-state index contributed by atoms with van der Waals surface area (Å²) in [6.45, 7) is 2.43. The van der Waals surface area contributed by atoms with Gasteiger partial charge in [0.15, 0.2) is 0 Å². The van der Waals surface area contributed by atoms with Crippen LogP contribution in [-0.4, -0.2) is 25.3 Å². The quantitative estimate of drug-likeness (QED) is 0.588. The zero-order chi connectivity index (χ0) is 6.55. The molecule has 0 saturated carbocycles. The summed E-state index contributed by atoms with van der Waals surface area (Å²) in [4.78, 5) is 0. The largest absolute Gasteiger partial charge is 0.374 e. The zero-order valence-electron chi connectivity index (χ0n) is 6.45. The Hall–Kier alpha value is 0.210. The highest BCUT2D eigenvalue weighted by Crippen LogP contribution is 2.44. The van der Waals surface area contributed by atoms with Crippen molar-refractivity contribution in [1.29, 1.82) is 0 Å². The Morgan fingerprint density at radius 1 is 1.00 bits per heavy atom. The second kappa shape index (κ2) is 2.61. The fourth-order valence-corrected chi connectivity index (χ4v) is 2.85. The second-order valence-corrected chi connectivity index (χ2v) is 3.78. The average molecular weight is 176 g/mol. The Balaban J connectivity index is 0.000000480. The van der Waals surface area contributed by atoms with Crippen molar-refractivity contribution in [3.8, 4) is 0 Å². The summed E-state index contributed by atoms with van der Waals surface area (Å²) in [6, 6.07) is 0. The molecule has 4 unspecified atom stereocenters. The van der Waals surface area contributed by atoms with Crippen LogP contribution < -0.4 is 5.32 Å². The molecule has 0 aromatic carbocycles. The minimum absolute atomic E-state index is 0. The Morgan fingerprint density at radius 2 is 1.55 bits per heavy atom. The highest BCUT2D eigenvalue weighted by molar-refractivity contribution is 5.85. The second-order valence-electron chi connectivity index (χ2n) is 3.78. The lowest BCUT2D eigenvalue weighted by molar-refractivity contribution is 0.0832. The zero-order valence-corrected chi connectivity index (χ0v) is 7.27. The van der Waals surface area contributed by atoms with Gasteiger partial charge in [0.2, 0.25) is 0 Å². The number of ether oxygens (including phenoxy) is 1. The van der Waals surface area contributed by atoms with Crippen molar-refractivity contribution >= 4 is 12.4 Å². The standard InChI is InChI=1S/C8H13NO.ClH/c1-2-8-6-4-9-3-5(6)7(1)10-8;/h5-9H,1-4H2;1H. The van der Waals surface area contributed by atoms with Gasteiger partial charge in [0.25, 0.3) is 0 Å². The Bertz CT molecular complexity index is 148. The summed E-state index contributed by atoms with van der Waals surface area (Å²) < 4.78 is 5.80. The molecule has 0 aliphatic carbocycles. The van der Waals surface area contributed by atoms with Gasteiger partial charge in [-0.3, -0.25) is 0 Å². The molecule has 0 aromatic rings. The molecule has 0 aromatic heterocycles. The van der Waals surface area contributed by atoms with Crippen molar-refractivity contribution in [3.63, 3.8) is 0 Å². The fraction of sp³-hybridized carbons (Fsp3) is 1.00. The maximum absolute atomic E-state index is 5.80. The summed E-state index contributed by atoms with van der Waals surface area (Å²) in [5.41, 5.74) is 0. The third kappa shape index (κ3) is 0.930. The Labute approximate surface area is 73.1 Å². The number of rotatable bonds is 0.